The highest BCUT2D eigenvalue weighted by molar-refractivity contribution is 9.10. The van der Waals surface area contributed by atoms with Crippen molar-refractivity contribution in [3.05, 3.63) is 28.2 Å². The second-order valence-corrected chi connectivity index (χ2v) is 8.91. The molecule has 0 amide bonds. The van der Waals surface area contributed by atoms with E-state index in [1.807, 2.05) is 6.21 Å². The maximum absolute atomic E-state index is 4.47. The van der Waals surface area contributed by atoms with Crippen LogP contribution in [0.2, 0.25) is 0 Å². The standard InChI is InChI=1S/C16H24BrN3S/c1-16(2,3)21-18-12-13-5-6-14(11-15(13)17)20-9-7-19(4)8-10-20/h5-6,11-12H,7-10H2,1-4H3/b18-12+. The van der Waals surface area contributed by atoms with Crippen LogP contribution in [0.4, 0.5) is 5.69 Å². The molecular weight excluding hydrogens is 346 g/mol. The molecule has 0 bridgehead atoms. The van der Waals surface area contributed by atoms with Crippen LogP contribution in [0, 0.1) is 0 Å². The van der Waals surface area contributed by atoms with Crippen molar-refractivity contribution in [2.24, 2.45) is 4.40 Å². The third kappa shape index (κ3) is 5.31. The van der Waals surface area contributed by atoms with E-state index in [4.69, 9.17) is 0 Å². The summed E-state index contributed by atoms with van der Waals surface area (Å²) in [6.07, 6.45) is 1.94. The van der Waals surface area contributed by atoms with E-state index >= 15 is 0 Å². The summed E-state index contributed by atoms with van der Waals surface area (Å²) in [5.41, 5.74) is 2.42. The molecule has 1 aliphatic heterocycles. The number of piperazine rings is 1. The van der Waals surface area contributed by atoms with Crippen LogP contribution < -0.4 is 4.90 Å². The quantitative estimate of drug-likeness (QED) is 0.591. The first kappa shape index (κ1) is 16.8. The van der Waals surface area contributed by atoms with Crippen molar-refractivity contribution < 1.29 is 0 Å². The van der Waals surface area contributed by atoms with Gasteiger partial charge in [-0.1, -0.05) is 22.0 Å². The van der Waals surface area contributed by atoms with Gasteiger partial charge in [-0.25, -0.2) is 4.40 Å². The van der Waals surface area contributed by atoms with Crippen molar-refractivity contribution in [3.63, 3.8) is 0 Å². The minimum Gasteiger partial charge on any atom is -0.369 e. The molecule has 0 N–H and O–H groups in total. The molecule has 116 valence electrons. The molecule has 21 heavy (non-hydrogen) atoms. The van der Waals surface area contributed by atoms with Gasteiger partial charge in [0.15, 0.2) is 0 Å². The fourth-order valence-electron chi connectivity index (χ4n) is 2.12. The number of anilines is 1. The Bertz CT molecular complexity index is 503. The highest BCUT2D eigenvalue weighted by Gasteiger charge is 2.15. The van der Waals surface area contributed by atoms with E-state index in [9.17, 15) is 0 Å². The maximum Gasteiger partial charge on any atom is 0.0435 e. The van der Waals surface area contributed by atoms with Crippen molar-refractivity contribution in [2.75, 3.05) is 38.1 Å². The molecule has 1 aromatic rings. The van der Waals surface area contributed by atoms with Gasteiger partial charge in [0.05, 0.1) is 0 Å². The van der Waals surface area contributed by atoms with E-state index in [2.05, 4.69) is 76.1 Å². The molecule has 0 unspecified atom stereocenters. The summed E-state index contributed by atoms with van der Waals surface area (Å²) in [4.78, 5) is 4.81. The highest BCUT2D eigenvalue weighted by atomic mass is 79.9. The fourth-order valence-corrected chi connectivity index (χ4v) is 3.07. The van der Waals surface area contributed by atoms with Crippen LogP contribution in [-0.2, 0) is 0 Å². The highest BCUT2D eigenvalue weighted by Crippen LogP contribution is 2.27. The minimum atomic E-state index is 0.156. The number of benzene rings is 1. The molecule has 5 heteroatoms. The van der Waals surface area contributed by atoms with E-state index in [0.717, 1.165) is 36.2 Å². The zero-order valence-corrected chi connectivity index (χ0v) is 15.7. The zero-order chi connectivity index (χ0) is 15.5. The molecule has 1 aliphatic rings. The fraction of sp³-hybridized carbons (Fsp3) is 0.562. The Morgan fingerprint density at radius 1 is 1.19 bits per heavy atom. The first-order valence-electron chi connectivity index (χ1n) is 7.30. The Morgan fingerprint density at radius 3 is 2.43 bits per heavy atom. The molecule has 1 fully saturated rings. The maximum atomic E-state index is 4.47. The van der Waals surface area contributed by atoms with Gasteiger partial charge in [0.25, 0.3) is 0 Å². The molecule has 3 nitrogen and oxygen atoms in total. The second-order valence-electron chi connectivity index (χ2n) is 6.43. The van der Waals surface area contributed by atoms with E-state index in [1.54, 1.807) is 11.9 Å². The van der Waals surface area contributed by atoms with Gasteiger partial charge in [-0.05, 0) is 51.9 Å². The molecule has 0 radical (unpaired) electrons. The topological polar surface area (TPSA) is 18.8 Å². The number of hydrogen-bond acceptors (Lipinski definition) is 4. The monoisotopic (exact) mass is 369 g/mol. The Kier molecular flexibility index (Phi) is 5.74. The van der Waals surface area contributed by atoms with Crippen LogP contribution >= 0.6 is 27.9 Å². The molecule has 2 rings (SSSR count). The van der Waals surface area contributed by atoms with Gasteiger partial charge in [-0.3, -0.25) is 0 Å². The van der Waals surface area contributed by atoms with E-state index in [-0.39, 0.29) is 4.75 Å². The summed E-state index contributed by atoms with van der Waals surface area (Å²) in [6.45, 7) is 10.9. The van der Waals surface area contributed by atoms with Gasteiger partial charge >= 0.3 is 0 Å². The van der Waals surface area contributed by atoms with Crippen LogP contribution in [0.1, 0.15) is 26.3 Å². The Hall–Kier alpha value is -0.520. The van der Waals surface area contributed by atoms with Crippen molar-refractivity contribution in [2.45, 2.75) is 25.5 Å². The van der Waals surface area contributed by atoms with Gasteiger partial charge in [0, 0.05) is 52.9 Å². The lowest BCUT2D eigenvalue weighted by Crippen LogP contribution is -2.44. The van der Waals surface area contributed by atoms with Crippen LogP contribution in [0.15, 0.2) is 27.1 Å². The molecule has 0 atom stereocenters. The van der Waals surface area contributed by atoms with Crippen molar-refractivity contribution in [3.8, 4) is 0 Å². The average molecular weight is 370 g/mol. The van der Waals surface area contributed by atoms with Gasteiger partial charge < -0.3 is 9.80 Å². The predicted octanol–water partition coefficient (Wildman–Crippen LogP) is 4.07. The third-order valence-corrected chi connectivity index (χ3v) is 4.82. The summed E-state index contributed by atoms with van der Waals surface area (Å²) < 4.78 is 5.73. The first-order valence-corrected chi connectivity index (χ1v) is 8.86. The average Bonchev–Trinajstić information content (AvgIpc) is 2.40. The molecule has 1 heterocycles. The van der Waals surface area contributed by atoms with Crippen molar-refractivity contribution in [1.29, 1.82) is 0 Å². The largest absolute Gasteiger partial charge is 0.369 e. The Labute approximate surface area is 141 Å². The minimum absolute atomic E-state index is 0.156. The van der Waals surface area contributed by atoms with Gasteiger partial charge in [0.1, 0.15) is 0 Å². The van der Waals surface area contributed by atoms with Crippen LogP contribution in [-0.4, -0.2) is 49.1 Å². The SMILES string of the molecule is CN1CCN(c2ccc(/C=N/SC(C)(C)C)c(Br)c2)CC1. The number of halogens is 1. The number of rotatable bonds is 3. The van der Waals surface area contributed by atoms with Crippen molar-refractivity contribution >= 4 is 39.8 Å². The van der Waals surface area contributed by atoms with Crippen LogP contribution in [0.25, 0.3) is 0 Å². The lowest BCUT2D eigenvalue weighted by Gasteiger charge is -2.34. The van der Waals surface area contributed by atoms with Gasteiger partial charge in [-0.2, -0.15) is 0 Å². The number of hydrogen-bond donors (Lipinski definition) is 0. The van der Waals surface area contributed by atoms with E-state index in [0.29, 0.717) is 0 Å². The van der Waals surface area contributed by atoms with Crippen LogP contribution in [0.5, 0.6) is 0 Å². The molecule has 0 saturated carbocycles. The van der Waals surface area contributed by atoms with Crippen LogP contribution in [0.3, 0.4) is 0 Å². The number of nitrogens with zero attached hydrogens (tertiary/aromatic N) is 3. The summed E-state index contributed by atoms with van der Waals surface area (Å²) in [7, 11) is 2.18. The third-order valence-electron chi connectivity index (χ3n) is 3.37. The second kappa shape index (κ2) is 7.16. The summed E-state index contributed by atoms with van der Waals surface area (Å²) in [6, 6.07) is 6.54. The zero-order valence-electron chi connectivity index (χ0n) is 13.3. The Balaban J connectivity index is 2.04. The smallest absolute Gasteiger partial charge is 0.0435 e. The summed E-state index contributed by atoms with van der Waals surface area (Å²) in [5, 5.41) is 0. The van der Waals surface area contributed by atoms with Gasteiger partial charge in [-0.15, -0.1) is 0 Å². The Morgan fingerprint density at radius 2 is 1.86 bits per heavy atom. The lowest BCUT2D eigenvalue weighted by molar-refractivity contribution is 0.313. The number of likely N-dealkylation sites (N-methyl/N-ethyl adjacent to an activating group) is 1. The molecule has 1 aromatic carbocycles. The van der Waals surface area contributed by atoms with E-state index < -0.39 is 0 Å². The predicted molar refractivity (Wildman–Crippen MR) is 98.8 cm³/mol. The summed E-state index contributed by atoms with van der Waals surface area (Å²) >= 11 is 5.27. The normalized spacial score (nSPS) is 17.7. The van der Waals surface area contributed by atoms with Gasteiger partial charge in [0.2, 0.25) is 0 Å². The summed E-state index contributed by atoms with van der Waals surface area (Å²) in [5.74, 6) is 0. The molecule has 0 aliphatic carbocycles. The molecular formula is C16H24BrN3S. The lowest BCUT2D eigenvalue weighted by atomic mass is 10.2. The van der Waals surface area contributed by atoms with E-state index in [1.165, 1.54) is 5.69 Å². The molecule has 0 spiro atoms. The molecule has 1 saturated heterocycles. The van der Waals surface area contributed by atoms with Crippen molar-refractivity contribution in [1.82, 2.24) is 4.90 Å². The first-order chi connectivity index (χ1) is 9.85. The molecule has 0 aromatic heterocycles.